The summed E-state index contributed by atoms with van der Waals surface area (Å²) in [4.78, 5) is 20.0. The smallest absolute Gasteiger partial charge is 0.224 e. The quantitative estimate of drug-likeness (QED) is 0.751. The molecular weight excluding hydrogens is 278 g/mol. The van der Waals surface area contributed by atoms with Crippen LogP contribution >= 0.6 is 11.6 Å². The Morgan fingerprint density at radius 1 is 1.35 bits per heavy atom. The van der Waals surface area contributed by atoms with Crippen LogP contribution in [-0.2, 0) is 4.79 Å². The Balaban J connectivity index is 2.49. The van der Waals surface area contributed by atoms with Crippen LogP contribution in [0.1, 0.15) is 34.1 Å². The second-order valence-corrected chi connectivity index (χ2v) is 5.80. The highest BCUT2D eigenvalue weighted by atomic mass is 35.5. The number of hydrogen-bond donors (Lipinski definition) is 3. The monoisotopic (exact) mass is 299 g/mol. The first-order valence-electron chi connectivity index (χ1n) is 6.63. The van der Waals surface area contributed by atoms with E-state index in [-0.39, 0.29) is 11.4 Å². The molecule has 0 spiro atoms. The molecular formula is C13H22ClN5O. The summed E-state index contributed by atoms with van der Waals surface area (Å²) < 4.78 is 0. The summed E-state index contributed by atoms with van der Waals surface area (Å²) in [6, 6.07) is 0. The molecule has 0 bridgehead atoms. The third-order valence-electron chi connectivity index (χ3n) is 2.24. The first kappa shape index (κ1) is 16.5. The topological polar surface area (TPSA) is 78.9 Å². The number of carbonyl (C=O) groups is 1. The summed E-state index contributed by atoms with van der Waals surface area (Å²) in [6.07, 6.45) is 1.89. The van der Waals surface area contributed by atoms with Crippen LogP contribution in [0.5, 0.6) is 0 Å². The molecule has 1 aromatic rings. The van der Waals surface area contributed by atoms with Crippen LogP contribution in [0.25, 0.3) is 0 Å². The fraction of sp³-hybridized carbons (Fsp3) is 0.615. The molecule has 0 saturated heterocycles. The number of rotatable bonds is 6. The minimum absolute atomic E-state index is 0.0120. The molecule has 0 aliphatic rings. The van der Waals surface area contributed by atoms with Crippen LogP contribution in [0.2, 0.25) is 5.02 Å². The van der Waals surface area contributed by atoms with Crippen molar-refractivity contribution in [3.05, 3.63) is 11.2 Å². The molecule has 0 atom stereocenters. The van der Waals surface area contributed by atoms with E-state index in [1.165, 1.54) is 6.20 Å². The molecule has 0 fully saturated rings. The molecule has 0 radical (unpaired) electrons. The fourth-order valence-corrected chi connectivity index (χ4v) is 1.67. The zero-order chi connectivity index (χ0) is 15.2. The van der Waals surface area contributed by atoms with Gasteiger partial charge in [0.2, 0.25) is 11.9 Å². The van der Waals surface area contributed by atoms with Gasteiger partial charge < -0.3 is 16.0 Å². The van der Waals surface area contributed by atoms with Crippen molar-refractivity contribution < 1.29 is 4.79 Å². The van der Waals surface area contributed by atoms with Crippen molar-refractivity contribution in [2.45, 2.75) is 39.7 Å². The Bertz CT molecular complexity index is 459. The summed E-state index contributed by atoms with van der Waals surface area (Å²) in [6.45, 7) is 8.99. The van der Waals surface area contributed by atoms with Gasteiger partial charge in [0.05, 0.1) is 6.20 Å². The van der Waals surface area contributed by atoms with Crippen molar-refractivity contribution in [3.63, 3.8) is 0 Å². The van der Waals surface area contributed by atoms with Crippen molar-refractivity contribution in [1.82, 2.24) is 15.3 Å². The molecule has 7 heteroatoms. The van der Waals surface area contributed by atoms with E-state index in [2.05, 4.69) is 25.9 Å². The maximum atomic E-state index is 11.7. The molecule has 1 rings (SSSR count). The Morgan fingerprint density at radius 3 is 2.65 bits per heavy atom. The fourth-order valence-electron chi connectivity index (χ4n) is 1.51. The lowest BCUT2D eigenvalue weighted by Gasteiger charge is -2.20. The minimum atomic E-state index is -0.220. The predicted octanol–water partition coefficient (Wildman–Crippen LogP) is 2.28. The minimum Gasteiger partial charge on any atom is -0.368 e. The van der Waals surface area contributed by atoms with Gasteiger partial charge >= 0.3 is 0 Å². The molecule has 0 unspecified atom stereocenters. The Hall–Kier alpha value is -1.56. The van der Waals surface area contributed by atoms with Crippen molar-refractivity contribution >= 4 is 29.3 Å². The summed E-state index contributed by atoms with van der Waals surface area (Å²) >= 11 is 6.00. The van der Waals surface area contributed by atoms with Gasteiger partial charge in [0, 0.05) is 25.0 Å². The number of amides is 1. The number of carbonyl (C=O) groups excluding carboxylic acids is 1. The molecule has 1 heterocycles. The van der Waals surface area contributed by atoms with Gasteiger partial charge in [-0.1, -0.05) is 11.6 Å². The summed E-state index contributed by atoms with van der Waals surface area (Å²) in [5, 5.41) is 9.38. The molecule has 0 aliphatic heterocycles. The molecule has 112 valence electrons. The molecule has 1 aromatic heterocycles. The van der Waals surface area contributed by atoms with Crippen molar-refractivity contribution in [2.24, 2.45) is 0 Å². The van der Waals surface area contributed by atoms with Crippen LogP contribution in [0.15, 0.2) is 6.20 Å². The van der Waals surface area contributed by atoms with Gasteiger partial charge in [-0.05, 0) is 27.7 Å². The van der Waals surface area contributed by atoms with Crippen LogP contribution in [0.4, 0.5) is 11.8 Å². The van der Waals surface area contributed by atoms with Gasteiger partial charge in [-0.25, -0.2) is 4.98 Å². The van der Waals surface area contributed by atoms with E-state index in [4.69, 9.17) is 11.6 Å². The first-order valence-corrected chi connectivity index (χ1v) is 7.01. The normalized spacial score (nSPS) is 11.1. The van der Waals surface area contributed by atoms with Crippen molar-refractivity contribution in [2.75, 3.05) is 23.7 Å². The highest BCUT2D eigenvalue weighted by Gasteiger charge is 2.13. The molecule has 0 saturated carbocycles. The van der Waals surface area contributed by atoms with Crippen LogP contribution < -0.4 is 16.0 Å². The Kier molecular flexibility index (Phi) is 6.01. The number of anilines is 2. The van der Waals surface area contributed by atoms with E-state index < -0.39 is 0 Å². The highest BCUT2D eigenvalue weighted by molar-refractivity contribution is 6.32. The average molecular weight is 300 g/mol. The van der Waals surface area contributed by atoms with E-state index in [0.717, 1.165) is 6.54 Å². The third-order valence-corrected chi connectivity index (χ3v) is 2.51. The second-order valence-electron chi connectivity index (χ2n) is 5.40. The molecule has 20 heavy (non-hydrogen) atoms. The lowest BCUT2D eigenvalue weighted by atomic mass is 10.1. The predicted molar refractivity (Wildman–Crippen MR) is 82.2 cm³/mol. The zero-order valence-corrected chi connectivity index (χ0v) is 13.1. The van der Waals surface area contributed by atoms with E-state index in [1.807, 2.05) is 27.7 Å². The van der Waals surface area contributed by atoms with Gasteiger partial charge in [0.25, 0.3) is 0 Å². The molecule has 1 amide bonds. The van der Waals surface area contributed by atoms with Gasteiger partial charge in [-0.3, -0.25) is 4.79 Å². The highest BCUT2D eigenvalue weighted by Crippen LogP contribution is 2.19. The van der Waals surface area contributed by atoms with E-state index in [0.29, 0.717) is 29.8 Å². The molecule has 3 N–H and O–H groups in total. The summed E-state index contributed by atoms with van der Waals surface area (Å²) in [7, 11) is 0. The first-order chi connectivity index (χ1) is 9.31. The van der Waals surface area contributed by atoms with Gasteiger partial charge in [0.1, 0.15) is 10.8 Å². The number of nitrogens with zero attached hydrogens (tertiary/aromatic N) is 2. The summed E-state index contributed by atoms with van der Waals surface area (Å²) in [5.41, 5.74) is -0.220. The van der Waals surface area contributed by atoms with Crippen LogP contribution in [0.3, 0.4) is 0 Å². The molecule has 0 aliphatic carbocycles. The Morgan fingerprint density at radius 2 is 2.05 bits per heavy atom. The van der Waals surface area contributed by atoms with E-state index >= 15 is 0 Å². The number of halogens is 1. The lowest BCUT2D eigenvalue weighted by Crippen LogP contribution is -2.41. The van der Waals surface area contributed by atoms with E-state index in [1.54, 1.807) is 0 Å². The van der Waals surface area contributed by atoms with Crippen LogP contribution in [0, 0.1) is 0 Å². The van der Waals surface area contributed by atoms with Gasteiger partial charge in [0.15, 0.2) is 0 Å². The zero-order valence-electron chi connectivity index (χ0n) is 12.4. The number of hydrogen-bond acceptors (Lipinski definition) is 5. The number of nitrogens with one attached hydrogen (secondary N) is 3. The number of aromatic nitrogens is 2. The van der Waals surface area contributed by atoms with Gasteiger partial charge in [-0.15, -0.1) is 0 Å². The SMILES string of the molecule is CCNc1ncc(Cl)c(NCCC(=O)NC(C)(C)C)n1. The summed E-state index contributed by atoms with van der Waals surface area (Å²) in [5.74, 6) is 1.03. The Labute approximate surface area is 124 Å². The van der Waals surface area contributed by atoms with Crippen molar-refractivity contribution in [3.8, 4) is 0 Å². The van der Waals surface area contributed by atoms with E-state index in [9.17, 15) is 4.79 Å². The molecule has 0 aromatic carbocycles. The molecule has 6 nitrogen and oxygen atoms in total. The largest absolute Gasteiger partial charge is 0.368 e. The van der Waals surface area contributed by atoms with Crippen molar-refractivity contribution in [1.29, 1.82) is 0 Å². The average Bonchev–Trinajstić information content (AvgIpc) is 2.31. The maximum absolute atomic E-state index is 11.7. The third kappa shape index (κ3) is 6.06. The van der Waals surface area contributed by atoms with Gasteiger partial charge in [-0.2, -0.15) is 4.98 Å². The second kappa shape index (κ2) is 7.28. The maximum Gasteiger partial charge on any atom is 0.224 e. The standard InChI is InChI=1S/C13H22ClN5O/c1-5-15-12-17-8-9(14)11(18-12)16-7-6-10(20)19-13(2,3)4/h8H,5-7H2,1-4H3,(H,19,20)(H2,15,16,17,18). The lowest BCUT2D eigenvalue weighted by molar-refractivity contribution is -0.122. The van der Waals surface area contributed by atoms with Crippen LogP contribution in [-0.4, -0.2) is 34.5 Å².